The van der Waals surface area contributed by atoms with Crippen molar-refractivity contribution in [2.45, 2.75) is 33.5 Å². The molecule has 0 amide bonds. The third-order valence-electron chi connectivity index (χ3n) is 2.76. The zero-order valence-corrected chi connectivity index (χ0v) is 13.7. The molecule has 0 aliphatic heterocycles. The molecule has 2 rings (SSSR count). The summed E-state index contributed by atoms with van der Waals surface area (Å²) < 4.78 is 6.19. The second-order valence-electron chi connectivity index (χ2n) is 5.79. The van der Waals surface area contributed by atoms with Gasteiger partial charge >= 0.3 is 0 Å². The first kappa shape index (κ1) is 14.5. The number of para-hydroxylation sites is 1. The molecule has 4 nitrogen and oxygen atoms in total. The van der Waals surface area contributed by atoms with Gasteiger partial charge in [-0.15, -0.1) is 0 Å². The van der Waals surface area contributed by atoms with Gasteiger partial charge in [0.1, 0.15) is 17.1 Å². The number of aliphatic imine (C=N–C) groups is 1. The van der Waals surface area contributed by atoms with E-state index in [9.17, 15) is 0 Å². The van der Waals surface area contributed by atoms with E-state index in [-0.39, 0.29) is 0 Å². The lowest BCUT2D eigenvalue weighted by atomic mass is 10.2. The summed E-state index contributed by atoms with van der Waals surface area (Å²) in [6.07, 6.45) is 3.50. The van der Waals surface area contributed by atoms with Gasteiger partial charge in [0, 0.05) is 6.20 Å². The zero-order chi connectivity index (χ0) is 14.8. The minimum Gasteiger partial charge on any atom is -0.543 e. The van der Waals surface area contributed by atoms with Crippen molar-refractivity contribution in [2.75, 3.05) is 0 Å². The Kier molecular flexibility index (Phi) is 4.08. The average Bonchev–Trinajstić information content (AvgIpc) is 2.86. The number of rotatable bonds is 4. The topological polar surface area (TPSA) is 50.3 Å². The largest absolute Gasteiger partial charge is 0.543 e. The third-order valence-corrected chi connectivity index (χ3v) is 3.57. The molecular formula is C15H21N3OSi. The van der Waals surface area contributed by atoms with Crippen molar-refractivity contribution in [3.63, 3.8) is 0 Å². The van der Waals surface area contributed by atoms with Gasteiger partial charge in [0.05, 0.1) is 12.0 Å². The number of H-pyrrole nitrogens is 1. The van der Waals surface area contributed by atoms with Crippen LogP contribution >= 0.6 is 0 Å². The van der Waals surface area contributed by atoms with Crippen molar-refractivity contribution in [1.29, 1.82) is 0 Å². The Morgan fingerprint density at radius 3 is 2.65 bits per heavy atom. The standard InChI is InChI=1S/C15H21N3OSi/c1-11-7-6-8-13(15(11)19-20(3,4)5)18-12(2)14-9-16-10-17-14/h6-10H,1-5H3,(H,16,17)/b18-12+. The van der Waals surface area contributed by atoms with Crippen LogP contribution in [0.5, 0.6) is 5.75 Å². The fourth-order valence-corrected chi connectivity index (χ4v) is 2.74. The van der Waals surface area contributed by atoms with Crippen LogP contribution in [0.3, 0.4) is 0 Å². The second kappa shape index (κ2) is 5.62. The number of nitrogens with one attached hydrogen (secondary N) is 1. The Balaban J connectivity index is 2.42. The minimum absolute atomic E-state index is 0.852. The van der Waals surface area contributed by atoms with E-state index in [0.29, 0.717) is 0 Å². The number of aryl methyl sites for hydroxylation is 1. The molecule has 1 aromatic heterocycles. The van der Waals surface area contributed by atoms with Crippen LogP contribution in [-0.2, 0) is 0 Å². The summed E-state index contributed by atoms with van der Waals surface area (Å²) in [6, 6.07) is 6.04. The van der Waals surface area contributed by atoms with Gasteiger partial charge < -0.3 is 9.41 Å². The molecule has 0 atom stereocenters. The maximum atomic E-state index is 6.19. The molecule has 0 spiro atoms. The molecule has 0 fully saturated rings. The van der Waals surface area contributed by atoms with Crippen molar-refractivity contribution in [1.82, 2.24) is 9.97 Å². The van der Waals surface area contributed by atoms with Crippen LogP contribution in [-0.4, -0.2) is 24.0 Å². The molecule has 0 saturated heterocycles. The average molecular weight is 287 g/mol. The first-order chi connectivity index (χ1) is 9.37. The number of benzene rings is 1. The highest BCUT2D eigenvalue weighted by atomic mass is 28.4. The first-order valence-electron chi connectivity index (χ1n) is 6.70. The summed E-state index contributed by atoms with van der Waals surface area (Å²) >= 11 is 0. The first-order valence-corrected chi connectivity index (χ1v) is 10.1. The summed E-state index contributed by atoms with van der Waals surface area (Å²) in [6.45, 7) is 10.5. The van der Waals surface area contributed by atoms with Crippen LogP contribution in [0.25, 0.3) is 0 Å². The monoisotopic (exact) mass is 287 g/mol. The molecule has 0 saturated carbocycles. The molecule has 0 unspecified atom stereocenters. The van der Waals surface area contributed by atoms with Crippen molar-refractivity contribution in [3.8, 4) is 5.75 Å². The summed E-state index contributed by atoms with van der Waals surface area (Å²) in [5.41, 5.74) is 3.71. The molecule has 1 aromatic carbocycles. The van der Waals surface area contributed by atoms with Crippen LogP contribution < -0.4 is 4.43 Å². The molecule has 2 aromatic rings. The van der Waals surface area contributed by atoms with Gasteiger partial charge in [-0.25, -0.2) is 9.98 Å². The minimum atomic E-state index is -1.67. The SMILES string of the molecule is C/C(=N\c1cccc(C)c1O[Si](C)(C)C)c1c[nH]cn1. The Bertz CT molecular complexity index is 613. The summed E-state index contributed by atoms with van der Waals surface area (Å²) in [5.74, 6) is 0.890. The quantitative estimate of drug-likeness (QED) is 0.680. The Morgan fingerprint density at radius 2 is 2.05 bits per heavy atom. The maximum absolute atomic E-state index is 6.19. The lowest BCUT2D eigenvalue weighted by Gasteiger charge is -2.22. The van der Waals surface area contributed by atoms with Crippen molar-refractivity contribution >= 4 is 19.7 Å². The molecule has 0 aliphatic rings. The number of imidazole rings is 1. The van der Waals surface area contributed by atoms with Crippen LogP contribution in [0.1, 0.15) is 18.2 Å². The molecule has 0 aliphatic carbocycles. The van der Waals surface area contributed by atoms with E-state index in [1.165, 1.54) is 0 Å². The van der Waals surface area contributed by atoms with E-state index in [2.05, 4.69) is 47.6 Å². The van der Waals surface area contributed by atoms with Crippen molar-refractivity contribution in [2.24, 2.45) is 4.99 Å². The summed E-state index contributed by atoms with van der Waals surface area (Å²) in [7, 11) is -1.67. The van der Waals surface area contributed by atoms with Gasteiger partial charge in [0.2, 0.25) is 8.32 Å². The fourth-order valence-electron chi connectivity index (χ4n) is 1.86. The van der Waals surface area contributed by atoms with E-state index in [1.54, 1.807) is 6.33 Å². The van der Waals surface area contributed by atoms with Crippen LogP contribution in [0, 0.1) is 6.92 Å². The predicted molar refractivity (Wildman–Crippen MR) is 85.6 cm³/mol. The van der Waals surface area contributed by atoms with E-state index in [1.807, 2.05) is 25.3 Å². The highest BCUT2D eigenvalue weighted by Gasteiger charge is 2.19. The zero-order valence-electron chi connectivity index (χ0n) is 12.7. The lowest BCUT2D eigenvalue weighted by Crippen LogP contribution is -2.29. The van der Waals surface area contributed by atoms with Gasteiger partial charge in [-0.05, 0) is 45.1 Å². The molecule has 106 valence electrons. The van der Waals surface area contributed by atoms with Gasteiger partial charge in [-0.3, -0.25) is 0 Å². The summed E-state index contributed by atoms with van der Waals surface area (Å²) in [5, 5.41) is 0. The smallest absolute Gasteiger partial charge is 0.242 e. The normalized spacial score (nSPS) is 12.6. The van der Waals surface area contributed by atoms with Gasteiger partial charge in [-0.2, -0.15) is 0 Å². The number of nitrogens with zero attached hydrogens (tertiary/aromatic N) is 2. The Hall–Kier alpha value is -1.88. The van der Waals surface area contributed by atoms with E-state index in [4.69, 9.17) is 4.43 Å². The molecule has 5 heteroatoms. The molecule has 20 heavy (non-hydrogen) atoms. The third kappa shape index (κ3) is 3.57. The van der Waals surface area contributed by atoms with Crippen LogP contribution in [0.2, 0.25) is 19.6 Å². The van der Waals surface area contributed by atoms with Crippen molar-refractivity contribution < 1.29 is 4.43 Å². The maximum Gasteiger partial charge on any atom is 0.242 e. The highest BCUT2D eigenvalue weighted by Crippen LogP contribution is 2.33. The highest BCUT2D eigenvalue weighted by molar-refractivity contribution is 6.70. The predicted octanol–water partition coefficient (Wildman–Crippen LogP) is 4.07. The Labute approximate surface area is 121 Å². The molecular weight excluding hydrogens is 266 g/mol. The lowest BCUT2D eigenvalue weighted by molar-refractivity contribution is 0.554. The number of aromatic nitrogens is 2. The Morgan fingerprint density at radius 1 is 1.30 bits per heavy atom. The van der Waals surface area contributed by atoms with Crippen LogP contribution in [0.4, 0.5) is 5.69 Å². The van der Waals surface area contributed by atoms with E-state index >= 15 is 0 Å². The van der Waals surface area contributed by atoms with Gasteiger partial charge in [-0.1, -0.05) is 12.1 Å². The molecule has 0 bridgehead atoms. The van der Waals surface area contributed by atoms with E-state index < -0.39 is 8.32 Å². The molecule has 1 N–H and O–H groups in total. The van der Waals surface area contributed by atoms with Gasteiger partial charge in [0.25, 0.3) is 0 Å². The summed E-state index contributed by atoms with van der Waals surface area (Å²) in [4.78, 5) is 11.8. The number of aromatic amines is 1. The second-order valence-corrected chi connectivity index (χ2v) is 10.2. The molecule has 0 radical (unpaired) electrons. The fraction of sp³-hybridized carbons (Fsp3) is 0.333. The van der Waals surface area contributed by atoms with Gasteiger partial charge in [0.15, 0.2) is 0 Å². The number of hydrogen-bond acceptors (Lipinski definition) is 3. The number of hydrogen-bond donors (Lipinski definition) is 1. The molecule has 1 heterocycles. The van der Waals surface area contributed by atoms with Crippen molar-refractivity contribution in [3.05, 3.63) is 42.0 Å². The van der Waals surface area contributed by atoms with Crippen LogP contribution in [0.15, 0.2) is 35.7 Å². The van der Waals surface area contributed by atoms with E-state index in [0.717, 1.165) is 28.4 Å².